The molecule has 8 heterocycles. The molecule has 2 fully saturated rings. The molecule has 6 aromatic rings. The lowest BCUT2D eigenvalue weighted by atomic mass is 10.1. The summed E-state index contributed by atoms with van der Waals surface area (Å²) in [5.41, 5.74) is 13.9. The first-order chi connectivity index (χ1) is 38.7. The number of benzene rings is 2. The lowest BCUT2D eigenvalue weighted by Gasteiger charge is -2.34. The smallest absolute Gasteiger partial charge is 0.369 e. The molecule has 10 rings (SSSR count). The van der Waals surface area contributed by atoms with Crippen LogP contribution in [0.5, 0.6) is 0 Å². The zero-order chi connectivity index (χ0) is 57.2. The van der Waals surface area contributed by atoms with Gasteiger partial charge in [-0.2, -0.15) is 26.3 Å². The number of likely N-dealkylation sites (tertiary alicyclic amines) is 1. The number of thiazole rings is 2. The Morgan fingerprint density at radius 3 is 1.79 bits per heavy atom. The number of nitrogens with one attached hydrogen (secondary N) is 8. The van der Waals surface area contributed by atoms with Crippen molar-refractivity contribution in [3.8, 4) is 0 Å². The molecule has 8 N–H and O–H groups in total. The second-order valence-corrected chi connectivity index (χ2v) is 21.5. The number of alkyl halides is 6. The molecule has 0 atom stereocenters. The first-order valence-corrected chi connectivity index (χ1v) is 27.0. The number of hydrazine groups is 4. The maximum atomic E-state index is 14.1. The van der Waals surface area contributed by atoms with Crippen molar-refractivity contribution in [1.82, 2.24) is 51.7 Å². The Kier molecular flexibility index (Phi) is 16.2. The van der Waals surface area contributed by atoms with Gasteiger partial charge in [-0.15, -0.1) is 11.1 Å². The number of hydrogen-bond donors (Lipinski definition) is 8. The number of halogens is 6. The number of aromatic nitrogens is 4. The van der Waals surface area contributed by atoms with Crippen molar-refractivity contribution in [2.45, 2.75) is 58.4 Å². The topological polar surface area (TPSA) is 232 Å². The van der Waals surface area contributed by atoms with Gasteiger partial charge in [0.05, 0.1) is 66.2 Å². The highest BCUT2D eigenvalue weighted by Crippen LogP contribution is 2.37. The Hall–Kier alpha value is -8.22. The zero-order valence-corrected chi connectivity index (χ0v) is 45.2. The fourth-order valence-electron chi connectivity index (χ4n) is 9.23. The number of likely N-dealkylation sites (N-methyl/N-ethyl adjacent to an activating group) is 1. The molecule has 0 aliphatic carbocycles. The van der Waals surface area contributed by atoms with Crippen LogP contribution in [0.25, 0.3) is 11.4 Å². The lowest BCUT2D eigenvalue weighted by molar-refractivity contribution is -0.138. The third-order valence-electron chi connectivity index (χ3n) is 13.4. The van der Waals surface area contributed by atoms with Crippen LogP contribution in [0, 0.1) is 6.92 Å². The van der Waals surface area contributed by atoms with E-state index in [1.807, 2.05) is 11.9 Å². The van der Waals surface area contributed by atoms with Gasteiger partial charge in [-0.05, 0) is 94.0 Å². The fourth-order valence-corrected chi connectivity index (χ4v) is 10.9. The lowest BCUT2D eigenvalue weighted by Crippen LogP contribution is -2.44. The number of carbonyl (C=O) groups excluding carboxylic acids is 4. The molecule has 4 amide bonds. The van der Waals surface area contributed by atoms with E-state index in [0.29, 0.717) is 93.0 Å². The van der Waals surface area contributed by atoms with Crippen LogP contribution in [0.4, 0.5) is 65.0 Å². The van der Waals surface area contributed by atoms with Gasteiger partial charge >= 0.3 is 12.4 Å². The number of aryl methyl sites for hydroxylation is 2. The molecule has 0 unspecified atom stereocenters. The summed E-state index contributed by atoms with van der Waals surface area (Å²) in [5, 5.41) is 14.4. The molecular weight excluding hydrogens is 1100 g/mol. The normalized spacial score (nSPS) is 16.0. The average Bonchev–Trinajstić information content (AvgIpc) is 4.40. The summed E-state index contributed by atoms with van der Waals surface area (Å²) in [6, 6.07) is 10.1. The third-order valence-corrected chi connectivity index (χ3v) is 15.3. The van der Waals surface area contributed by atoms with Gasteiger partial charge in [0.2, 0.25) is 11.8 Å². The van der Waals surface area contributed by atoms with E-state index in [0.717, 1.165) is 61.5 Å². The van der Waals surface area contributed by atoms with Gasteiger partial charge in [-0.1, -0.05) is 22.7 Å². The molecule has 29 heteroatoms. The summed E-state index contributed by atoms with van der Waals surface area (Å²) >= 11 is 2.35. The van der Waals surface area contributed by atoms with Crippen molar-refractivity contribution in [2.75, 3.05) is 82.5 Å². The van der Waals surface area contributed by atoms with Gasteiger partial charge in [0.15, 0.2) is 10.3 Å². The molecule has 0 radical (unpaired) electrons. The van der Waals surface area contributed by atoms with Gasteiger partial charge in [0.1, 0.15) is 0 Å². The van der Waals surface area contributed by atoms with E-state index in [1.165, 1.54) is 53.9 Å². The second kappa shape index (κ2) is 23.5. The highest BCUT2D eigenvalue weighted by Gasteiger charge is 2.34. The monoisotopic (exact) mass is 1160 g/mol. The molecule has 2 aromatic carbocycles. The average molecular weight is 1160 g/mol. The summed E-state index contributed by atoms with van der Waals surface area (Å²) in [6.45, 7) is 7.31. The Balaban J connectivity index is 0.816. The number of pyridine rings is 2. The van der Waals surface area contributed by atoms with Crippen molar-refractivity contribution in [1.29, 1.82) is 0 Å². The van der Waals surface area contributed by atoms with Gasteiger partial charge in [0.25, 0.3) is 11.8 Å². The van der Waals surface area contributed by atoms with Crippen LogP contribution in [0.15, 0.2) is 85.7 Å². The Morgan fingerprint density at radius 2 is 1.19 bits per heavy atom. The van der Waals surface area contributed by atoms with E-state index in [1.54, 1.807) is 42.8 Å². The second-order valence-electron chi connectivity index (χ2n) is 19.5. The van der Waals surface area contributed by atoms with Crippen molar-refractivity contribution < 1.29 is 45.5 Å². The maximum absolute atomic E-state index is 14.1. The SMILES string of the molecule is CC(=O)Nc1ncc(C2=CN(c3cc(C(=O)Nc4cc(CN5CCCC5)cc(C(F)(F)F)c4)cnc3CCC(=O)Nc3ncc(C4=CN(c5cc(C(=O)Nc6cc(N7CCN(C)CC7)cc(C(F)(F)F)c6)cnc5C)NN4)s3)NN2)s1. The Labute approximate surface area is 467 Å². The number of anilines is 7. The van der Waals surface area contributed by atoms with Crippen molar-refractivity contribution >= 4 is 96.4 Å². The standard InChI is InChI=1S/C52H53F6N17O4S2/c1-29-42(16-32(22-59-29)47(78)65-37-19-35(52(56,57)58)20-38(21-37)73-12-10-71(3)11-13-73)74-27-40(67-69-74)45-25-62-50(81-45)66-46(77)7-6-39-43(75-28-41(68-70-75)44-24-61-49(80-44)63-30(2)76)17-33(23-60-39)48(79)64-36-15-31(26-72-8-4-5-9-72)14-34(18-36)51(53,54)55/h14-25,27-28,67-70H,4-13,26H2,1-3H3,(H,64,79)(H,65,78)(H,61,63,76)(H,62,66,77). The molecule has 2 saturated heterocycles. The Morgan fingerprint density at radius 1 is 0.630 bits per heavy atom. The van der Waals surface area contributed by atoms with E-state index >= 15 is 0 Å². The highest BCUT2D eigenvalue weighted by molar-refractivity contribution is 7.17. The summed E-state index contributed by atoms with van der Waals surface area (Å²) in [5.74, 6) is -2.12. The molecule has 21 nitrogen and oxygen atoms in total. The van der Waals surface area contributed by atoms with Crippen LogP contribution in [0.3, 0.4) is 0 Å². The van der Waals surface area contributed by atoms with E-state index in [2.05, 4.69) is 72.9 Å². The summed E-state index contributed by atoms with van der Waals surface area (Å²) in [7, 11) is 1.94. The van der Waals surface area contributed by atoms with Crippen LogP contribution in [0.1, 0.15) is 84.7 Å². The molecule has 0 bridgehead atoms. The molecule has 81 heavy (non-hydrogen) atoms. The summed E-state index contributed by atoms with van der Waals surface area (Å²) < 4.78 is 84.4. The first-order valence-electron chi connectivity index (χ1n) is 25.4. The Bertz CT molecular complexity index is 3450. The van der Waals surface area contributed by atoms with Crippen LogP contribution < -0.4 is 58.1 Å². The van der Waals surface area contributed by atoms with Crippen LogP contribution in [-0.4, -0.2) is 99.7 Å². The quantitative estimate of drug-likeness (QED) is 0.0433. The van der Waals surface area contributed by atoms with Gasteiger partial charge in [0, 0.05) is 107 Å². The molecular formula is C52H53F6N17O4S2. The number of carbonyl (C=O) groups is 4. The van der Waals surface area contributed by atoms with Crippen molar-refractivity contribution in [2.24, 2.45) is 0 Å². The van der Waals surface area contributed by atoms with Crippen LogP contribution >= 0.6 is 22.7 Å². The molecule has 0 saturated carbocycles. The molecule has 4 aliphatic heterocycles. The summed E-state index contributed by atoms with van der Waals surface area (Å²) in [4.78, 5) is 77.5. The van der Waals surface area contributed by atoms with E-state index in [-0.39, 0.29) is 46.4 Å². The molecule has 424 valence electrons. The van der Waals surface area contributed by atoms with Gasteiger partial charge in [-0.25, -0.2) is 9.97 Å². The number of nitrogens with zero attached hydrogens (tertiary/aromatic N) is 9. The van der Waals surface area contributed by atoms with E-state index in [9.17, 15) is 45.5 Å². The number of rotatable bonds is 16. The number of hydrogen-bond acceptors (Lipinski definition) is 19. The molecule has 4 aliphatic rings. The number of piperazine rings is 1. The van der Waals surface area contributed by atoms with E-state index in [4.69, 9.17) is 0 Å². The van der Waals surface area contributed by atoms with Crippen molar-refractivity contribution in [3.05, 3.63) is 135 Å². The number of amides is 4. The molecule has 0 spiro atoms. The predicted octanol–water partition coefficient (Wildman–Crippen LogP) is 7.77. The first kappa shape index (κ1) is 56.1. The minimum atomic E-state index is -4.66. The summed E-state index contributed by atoms with van der Waals surface area (Å²) in [6.07, 6.45) is 1.60. The van der Waals surface area contributed by atoms with Crippen LogP contribution in [-0.2, 0) is 34.9 Å². The third kappa shape index (κ3) is 13.7. The predicted molar refractivity (Wildman–Crippen MR) is 295 cm³/mol. The largest absolute Gasteiger partial charge is 0.416 e. The highest BCUT2D eigenvalue weighted by atomic mass is 32.1. The zero-order valence-electron chi connectivity index (χ0n) is 43.6. The van der Waals surface area contributed by atoms with E-state index < -0.39 is 41.2 Å². The maximum Gasteiger partial charge on any atom is 0.416 e. The minimum absolute atomic E-state index is 0.0122. The van der Waals surface area contributed by atoms with Gasteiger partial charge in [-0.3, -0.25) is 44.1 Å². The van der Waals surface area contributed by atoms with Crippen molar-refractivity contribution in [3.63, 3.8) is 0 Å². The van der Waals surface area contributed by atoms with Crippen LogP contribution in [0.2, 0.25) is 0 Å². The fraction of sp³-hybridized carbons (Fsp3) is 0.308. The van der Waals surface area contributed by atoms with Gasteiger partial charge < -0.3 is 41.9 Å². The minimum Gasteiger partial charge on any atom is -0.369 e. The molecule has 4 aromatic heterocycles.